The highest BCUT2D eigenvalue weighted by atomic mass is 32.2. The lowest BCUT2D eigenvalue weighted by Gasteiger charge is -2.08. The Balaban J connectivity index is 2.39. The predicted molar refractivity (Wildman–Crippen MR) is 71.7 cm³/mol. The fourth-order valence-corrected chi connectivity index (χ4v) is 2.43. The number of anilines is 1. The first kappa shape index (κ1) is 14.0. The second-order valence-electron chi connectivity index (χ2n) is 3.72. The Bertz CT molecular complexity index is 760. The summed E-state index contributed by atoms with van der Waals surface area (Å²) in [6.07, 6.45) is 2.41. The second-order valence-corrected chi connectivity index (χ2v) is 5.37. The van der Waals surface area contributed by atoms with Crippen molar-refractivity contribution in [2.45, 2.75) is 5.03 Å². The molecule has 0 fully saturated rings. The SMILES string of the molecule is NCC#Cc1cc(F)ccc1NS(=O)(=O)c1cnc[nH]1. The molecule has 0 atom stereocenters. The molecule has 0 aliphatic rings. The van der Waals surface area contributed by atoms with Crippen molar-refractivity contribution in [2.75, 3.05) is 11.3 Å². The maximum absolute atomic E-state index is 13.2. The molecule has 0 radical (unpaired) electrons. The minimum Gasteiger partial charge on any atom is -0.334 e. The normalized spacial score (nSPS) is 10.7. The summed E-state index contributed by atoms with van der Waals surface area (Å²) in [4.78, 5) is 6.12. The number of sulfonamides is 1. The number of aromatic amines is 1. The lowest BCUT2D eigenvalue weighted by Crippen LogP contribution is -2.14. The molecule has 1 aromatic heterocycles. The topological polar surface area (TPSA) is 101 Å². The van der Waals surface area contributed by atoms with Crippen LogP contribution in [0.5, 0.6) is 0 Å². The van der Waals surface area contributed by atoms with E-state index in [2.05, 4.69) is 26.5 Å². The molecule has 0 bridgehead atoms. The fraction of sp³-hybridized carbons (Fsp3) is 0.0833. The summed E-state index contributed by atoms with van der Waals surface area (Å²) in [5.41, 5.74) is 5.63. The van der Waals surface area contributed by atoms with Gasteiger partial charge in [0, 0.05) is 0 Å². The molecule has 2 rings (SSSR count). The maximum Gasteiger partial charge on any atom is 0.279 e. The van der Waals surface area contributed by atoms with Crippen LogP contribution in [0.15, 0.2) is 35.7 Å². The minimum atomic E-state index is -3.82. The molecule has 8 heteroatoms. The van der Waals surface area contributed by atoms with Crippen molar-refractivity contribution < 1.29 is 12.8 Å². The van der Waals surface area contributed by atoms with Crippen LogP contribution in [0.3, 0.4) is 0 Å². The number of hydrogen-bond acceptors (Lipinski definition) is 4. The number of benzene rings is 1. The highest BCUT2D eigenvalue weighted by Gasteiger charge is 2.17. The Morgan fingerprint density at radius 1 is 1.45 bits per heavy atom. The molecule has 0 amide bonds. The third-order valence-corrected chi connectivity index (χ3v) is 3.60. The largest absolute Gasteiger partial charge is 0.334 e. The molecular weight excluding hydrogens is 283 g/mol. The van der Waals surface area contributed by atoms with Gasteiger partial charge in [0.15, 0.2) is 5.03 Å². The summed E-state index contributed by atoms with van der Waals surface area (Å²) in [6.45, 7) is 0.0866. The van der Waals surface area contributed by atoms with Gasteiger partial charge in [-0.25, -0.2) is 9.37 Å². The van der Waals surface area contributed by atoms with E-state index in [0.29, 0.717) is 0 Å². The molecule has 0 saturated carbocycles. The highest BCUT2D eigenvalue weighted by Crippen LogP contribution is 2.19. The van der Waals surface area contributed by atoms with Crippen LogP contribution < -0.4 is 10.5 Å². The smallest absolute Gasteiger partial charge is 0.279 e. The molecule has 20 heavy (non-hydrogen) atoms. The molecule has 0 saturated heterocycles. The molecule has 0 unspecified atom stereocenters. The Morgan fingerprint density at radius 2 is 2.25 bits per heavy atom. The van der Waals surface area contributed by atoms with Crippen molar-refractivity contribution in [3.05, 3.63) is 42.1 Å². The molecule has 104 valence electrons. The fourth-order valence-electron chi connectivity index (χ4n) is 1.44. The van der Waals surface area contributed by atoms with Crippen molar-refractivity contribution in [1.82, 2.24) is 9.97 Å². The van der Waals surface area contributed by atoms with E-state index >= 15 is 0 Å². The number of nitrogens with two attached hydrogens (primary N) is 1. The first-order chi connectivity index (χ1) is 9.53. The van der Waals surface area contributed by atoms with Gasteiger partial charge in [-0.3, -0.25) is 4.72 Å². The van der Waals surface area contributed by atoms with Gasteiger partial charge in [-0.05, 0) is 18.2 Å². The third-order valence-electron chi connectivity index (χ3n) is 2.31. The molecule has 0 aliphatic heterocycles. The first-order valence-electron chi connectivity index (χ1n) is 5.52. The molecular formula is C12H11FN4O2S. The van der Waals surface area contributed by atoms with Gasteiger partial charge < -0.3 is 10.7 Å². The number of H-pyrrole nitrogens is 1. The van der Waals surface area contributed by atoms with E-state index in [1.165, 1.54) is 12.4 Å². The Kier molecular flexibility index (Phi) is 4.02. The van der Waals surface area contributed by atoms with Crippen LogP contribution in [0, 0.1) is 17.7 Å². The van der Waals surface area contributed by atoms with Gasteiger partial charge in [-0.2, -0.15) is 8.42 Å². The van der Waals surface area contributed by atoms with E-state index in [1.807, 2.05) is 0 Å². The van der Waals surface area contributed by atoms with Gasteiger partial charge in [-0.15, -0.1) is 0 Å². The van der Waals surface area contributed by atoms with E-state index < -0.39 is 15.8 Å². The zero-order valence-corrected chi connectivity index (χ0v) is 11.0. The van der Waals surface area contributed by atoms with Crippen molar-refractivity contribution in [1.29, 1.82) is 0 Å². The van der Waals surface area contributed by atoms with Crippen molar-refractivity contribution in [3.63, 3.8) is 0 Å². The number of halogens is 1. The lowest BCUT2D eigenvalue weighted by molar-refractivity contribution is 0.598. The summed E-state index contributed by atoms with van der Waals surface area (Å²) in [5, 5.41) is -0.0976. The van der Waals surface area contributed by atoms with Crippen molar-refractivity contribution in [2.24, 2.45) is 5.73 Å². The Hall–Kier alpha value is -2.37. The highest BCUT2D eigenvalue weighted by molar-refractivity contribution is 7.92. The lowest BCUT2D eigenvalue weighted by atomic mass is 10.2. The molecule has 1 heterocycles. The number of rotatable bonds is 3. The molecule has 6 nitrogen and oxygen atoms in total. The average Bonchev–Trinajstić information content (AvgIpc) is 2.93. The first-order valence-corrected chi connectivity index (χ1v) is 7.01. The molecule has 2 aromatic rings. The van der Waals surface area contributed by atoms with E-state index in [-0.39, 0.29) is 22.8 Å². The Morgan fingerprint density at radius 3 is 2.90 bits per heavy atom. The molecule has 0 spiro atoms. The summed E-state index contributed by atoms with van der Waals surface area (Å²) in [6, 6.07) is 3.57. The average molecular weight is 294 g/mol. The van der Waals surface area contributed by atoms with Gasteiger partial charge >= 0.3 is 0 Å². The van der Waals surface area contributed by atoms with Crippen LogP contribution in [0.25, 0.3) is 0 Å². The van der Waals surface area contributed by atoms with Crippen LogP contribution in [0.2, 0.25) is 0 Å². The second kappa shape index (κ2) is 5.73. The zero-order chi connectivity index (χ0) is 14.6. The number of nitrogens with zero attached hydrogens (tertiary/aromatic N) is 1. The number of nitrogens with one attached hydrogen (secondary N) is 2. The number of imidazole rings is 1. The van der Waals surface area contributed by atoms with Gasteiger partial charge in [0.05, 0.1) is 30.3 Å². The molecule has 1 aromatic carbocycles. The minimum absolute atomic E-state index is 0.0866. The third kappa shape index (κ3) is 3.14. The predicted octanol–water partition coefficient (Wildman–Crippen LogP) is 0.660. The van der Waals surface area contributed by atoms with E-state index in [0.717, 1.165) is 18.3 Å². The van der Waals surface area contributed by atoms with Crippen molar-refractivity contribution in [3.8, 4) is 11.8 Å². The van der Waals surface area contributed by atoms with Crippen molar-refractivity contribution >= 4 is 15.7 Å². The van der Waals surface area contributed by atoms with Crippen LogP contribution in [0.1, 0.15) is 5.56 Å². The van der Waals surface area contributed by atoms with Crippen LogP contribution >= 0.6 is 0 Å². The van der Waals surface area contributed by atoms with Crippen LogP contribution in [-0.4, -0.2) is 24.9 Å². The number of aromatic nitrogens is 2. The van der Waals surface area contributed by atoms with E-state index in [1.54, 1.807) is 0 Å². The van der Waals surface area contributed by atoms with Gasteiger partial charge in [0.1, 0.15) is 5.82 Å². The quantitative estimate of drug-likeness (QED) is 0.724. The maximum atomic E-state index is 13.2. The van der Waals surface area contributed by atoms with E-state index in [9.17, 15) is 12.8 Å². The molecule has 0 aliphatic carbocycles. The van der Waals surface area contributed by atoms with Gasteiger partial charge in [0.25, 0.3) is 10.0 Å². The monoisotopic (exact) mass is 294 g/mol. The summed E-state index contributed by atoms with van der Waals surface area (Å²) < 4.78 is 39.6. The van der Waals surface area contributed by atoms with E-state index in [4.69, 9.17) is 5.73 Å². The standard InChI is InChI=1S/C12H11FN4O2S/c13-10-3-4-11(9(6-10)2-1-5-14)17-20(18,19)12-7-15-8-16-12/h3-4,6-8,17H,5,14H2,(H,15,16). The summed E-state index contributed by atoms with van der Waals surface area (Å²) in [7, 11) is -3.82. The number of hydrogen-bond donors (Lipinski definition) is 3. The molecule has 4 N–H and O–H groups in total. The summed E-state index contributed by atoms with van der Waals surface area (Å²) >= 11 is 0. The van der Waals surface area contributed by atoms with Crippen LogP contribution in [-0.2, 0) is 10.0 Å². The van der Waals surface area contributed by atoms with Crippen LogP contribution in [0.4, 0.5) is 10.1 Å². The van der Waals surface area contributed by atoms with Gasteiger partial charge in [-0.1, -0.05) is 11.8 Å². The Labute approximate surface area is 115 Å². The van der Waals surface area contributed by atoms with Gasteiger partial charge in [0.2, 0.25) is 0 Å². The zero-order valence-electron chi connectivity index (χ0n) is 10.2. The summed E-state index contributed by atoms with van der Waals surface area (Å²) in [5.74, 6) is 4.64.